The van der Waals surface area contributed by atoms with E-state index in [0.717, 1.165) is 43.4 Å². The van der Waals surface area contributed by atoms with Gasteiger partial charge in [-0.2, -0.15) is 0 Å². The van der Waals surface area contributed by atoms with Gasteiger partial charge in [0.1, 0.15) is 12.6 Å². The SMILES string of the molecule is COC(=O)C(CCC(=O)N1CCOCc2ccccc21)ONC(=O)[C@H](CC1CCCCC1)NC(=O)OCc1cccc(Cl)c1. The number of para-hydroxylation sites is 1. The molecule has 12 heteroatoms. The fraction of sp³-hybridized carbons (Fsp3) is 0.500. The van der Waals surface area contributed by atoms with Crippen molar-refractivity contribution >= 4 is 41.2 Å². The zero-order valence-electron chi connectivity index (χ0n) is 24.9. The fourth-order valence-electron chi connectivity index (χ4n) is 5.51. The number of nitrogens with zero attached hydrogens (tertiary/aromatic N) is 1. The van der Waals surface area contributed by atoms with E-state index in [1.807, 2.05) is 24.3 Å². The van der Waals surface area contributed by atoms with Crippen LogP contribution in [0.2, 0.25) is 5.02 Å². The van der Waals surface area contributed by atoms with Crippen molar-refractivity contribution in [3.8, 4) is 0 Å². The Hall–Kier alpha value is -3.67. The number of halogens is 1. The zero-order valence-corrected chi connectivity index (χ0v) is 25.7. The van der Waals surface area contributed by atoms with Crippen molar-refractivity contribution in [3.63, 3.8) is 0 Å². The summed E-state index contributed by atoms with van der Waals surface area (Å²) in [7, 11) is 1.20. The number of ether oxygens (including phenoxy) is 3. The monoisotopic (exact) mass is 629 g/mol. The molecule has 2 N–H and O–H groups in total. The topological polar surface area (TPSA) is 132 Å². The van der Waals surface area contributed by atoms with Gasteiger partial charge in [0, 0.05) is 29.2 Å². The first-order chi connectivity index (χ1) is 21.3. The average molecular weight is 630 g/mol. The number of carbonyl (C=O) groups is 4. The highest BCUT2D eigenvalue weighted by Crippen LogP contribution is 2.28. The van der Waals surface area contributed by atoms with Crippen LogP contribution in [0.25, 0.3) is 0 Å². The minimum absolute atomic E-state index is 0.0211. The van der Waals surface area contributed by atoms with E-state index in [9.17, 15) is 19.2 Å². The molecule has 0 saturated heterocycles. The molecule has 1 saturated carbocycles. The first-order valence-electron chi connectivity index (χ1n) is 15.0. The lowest BCUT2D eigenvalue weighted by atomic mass is 9.84. The van der Waals surface area contributed by atoms with Gasteiger partial charge < -0.3 is 24.4 Å². The molecular formula is C32H40ClN3O8. The number of esters is 1. The van der Waals surface area contributed by atoms with E-state index in [1.54, 1.807) is 29.2 Å². The second-order valence-electron chi connectivity index (χ2n) is 11.0. The highest BCUT2D eigenvalue weighted by molar-refractivity contribution is 6.30. The molecule has 1 unspecified atom stereocenters. The number of nitrogens with one attached hydrogen (secondary N) is 2. The Morgan fingerprint density at radius 1 is 1.07 bits per heavy atom. The van der Waals surface area contributed by atoms with Gasteiger partial charge in [-0.05, 0) is 42.5 Å². The summed E-state index contributed by atoms with van der Waals surface area (Å²) in [4.78, 5) is 58.8. The highest BCUT2D eigenvalue weighted by Gasteiger charge is 2.30. The summed E-state index contributed by atoms with van der Waals surface area (Å²) in [6.45, 7) is 1.14. The van der Waals surface area contributed by atoms with Crippen molar-refractivity contribution in [2.24, 2.45) is 5.92 Å². The Morgan fingerprint density at radius 2 is 1.86 bits per heavy atom. The number of hydrogen-bond acceptors (Lipinski definition) is 8. The van der Waals surface area contributed by atoms with Gasteiger partial charge in [0.2, 0.25) is 5.91 Å². The van der Waals surface area contributed by atoms with Crippen molar-refractivity contribution in [1.29, 1.82) is 0 Å². The van der Waals surface area contributed by atoms with E-state index >= 15 is 0 Å². The number of amides is 3. The number of benzene rings is 2. The second-order valence-corrected chi connectivity index (χ2v) is 11.4. The standard InChI is InChI=1S/C32H40ClN3O8/c1-41-31(39)28(14-15-29(37)36-16-17-42-21-24-11-5-6-13-27(24)36)44-35-30(38)26(19-22-8-3-2-4-9-22)34-32(40)43-20-23-10-7-12-25(33)18-23/h5-7,10-13,18,22,26,28H,2-4,8-9,14-17,19-21H2,1H3,(H,34,40)(H,35,38)/t26-,28?/m0/s1. The predicted octanol–water partition coefficient (Wildman–Crippen LogP) is 4.84. The molecule has 11 nitrogen and oxygen atoms in total. The molecular weight excluding hydrogens is 590 g/mol. The molecule has 2 aliphatic rings. The Kier molecular flexibility index (Phi) is 12.8. The summed E-state index contributed by atoms with van der Waals surface area (Å²) in [5, 5.41) is 3.17. The second kappa shape index (κ2) is 17.0. The lowest BCUT2D eigenvalue weighted by molar-refractivity contribution is -0.165. The molecule has 44 heavy (non-hydrogen) atoms. The zero-order chi connectivity index (χ0) is 31.3. The summed E-state index contributed by atoms with van der Waals surface area (Å²) < 4.78 is 15.8. The largest absolute Gasteiger partial charge is 0.467 e. The number of hydrogen-bond donors (Lipinski definition) is 2. The summed E-state index contributed by atoms with van der Waals surface area (Å²) in [5.41, 5.74) is 4.69. The summed E-state index contributed by atoms with van der Waals surface area (Å²) in [6.07, 6.45) is 3.46. The predicted molar refractivity (Wildman–Crippen MR) is 162 cm³/mol. The van der Waals surface area contributed by atoms with Crippen molar-refractivity contribution in [2.75, 3.05) is 25.2 Å². The Morgan fingerprint density at radius 3 is 2.64 bits per heavy atom. The Bertz CT molecular complexity index is 1290. The molecule has 2 atom stereocenters. The number of carbonyl (C=O) groups excluding carboxylic acids is 4. The van der Waals surface area contributed by atoms with Crippen LogP contribution in [0.4, 0.5) is 10.5 Å². The van der Waals surface area contributed by atoms with Crippen LogP contribution in [0.3, 0.4) is 0 Å². The Labute approximate surface area is 262 Å². The van der Waals surface area contributed by atoms with Crippen molar-refractivity contribution < 1.29 is 38.2 Å². The molecule has 238 valence electrons. The third-order valence-corrected chi connectivity index (χ3v) is 8.08. The summed E-state index contributed by atoms with van der Waals surface area (Å²) in [5.74, 6) is -1.35. The van der Waals surface area contributed by atoms with E-state index < -0.39 is 30.1 Å². The summed E-state index contributed by atoms with van der Waals surface area (Å²) >= 11 is 6.01. The molecule has 2 aromatic rings. The van der Waals surface area contributed by atoms with Crippen molar-refractivity contribution in [1.82, 2.24) is 10.8 Å². The van der Waals surface area contributed by atoms with Crippen LogP contribution < -0.4 is 15.7 Å². The number of fused-ring (bicyclic) bond motifs is 1. The average Bonchev–Trinajstić information content (AvgIpc) is 3.26. The van der Waals surface area contributed by atoms with Crippen LogP contribution in [0.15, 0.2) is 48.5 Å². The van der Waals surface area contributed by atoms with E-state index in [1.165, 1.54) is 7.11 Å². The normalized spacial score (nSPS) is 16.5. The smallest absolute Gasteiger partial charge is 0.408 e. The van der Waals surface area contributed by atoms with Gasteiger partial charge in [0.05, 0.1) is 20.3 Å². The molecule has 2 aromatic carbocycles. The van der Waals surface area contributed by atoms with Crippen LogP contribution in [0, 0.1) is 5.92 Å². The van der Waals surface area contributed by atoms with Gasteiger partial charge >= 0.3 is 12.1 Å². The van der Waals surface area contributed by atoms with Crippen LogP contribution in [-0.4, -0.2) is 56.3 Å². The van der Waals surface area contributed by atoms with Gasteiger partial charge in [0.15, 0.2) is 6.10 Å². The van der Waals surface area contributed by atoms with Crippen LogP contribution >= 0.6 is 11.6 Å². The molecule has 0 radical (unpaired) electrons. The molecule has 1 aliphatic heterocycles. The number of rotatable bonds is 12. The molecule has 1 aliphatic carbocycles. The maximum Gasteiger partial charge on any atom is 0.408 e. The maximum atomic E-state index is 13.3. The van der Waals surface area contributed by atoms with Gasteiger partial charge in [-0.15, -0.1) is 0 Å². The van der Waals surface area contributed by atoms with E-state index in [2.05, 4.69) is 10.8 Å². The number of anilines is 1. The lowest BCUT2D eigenvalue weighted by Gasteiger charge is -2.27. The van der Waals surface area contributed by atoms with Gasteiger partial charge in [0.25, 0.3) is 5.91 Å². The third-order valence-electron chi connectivity index (χ3n) is 7.85. The fourth-order valence-corrected chi connectivity index (χ4v) is 5.72. The van der Waals surface area contributed by atoms with Crippen molar-refractivity contribution in [2.45, 2.75) is 76.7 Å². The minimum Gasteiger partial charge on any atom is -0.467 e. The first-order valence-corrected chi connectivity index (χ1v) is 15.4. The molecule has 3 amide bonds. The van der Waals surface area contributed by atoms with E-state index in [-0.39, 0.29) is 31.3 Å². The van der Waals surface area contributed by atoms with Gasteiger partial charge in [-0.3, -0.25) is 14.4 Å². The molecule has 0 aromatic heterocycles. The maximum absolute atomic E-state index is 13.3. The van der Waals surface area contributed by atoms with Crippen molar-refractivity contribution in [3.05, 3.63) is 64.7 Å². The molecule has 0 spiro atoms. The van der Waals surface area contributed by atoms with Crippen LogP contribution in [-0.2, 0) is 46.6 Å². The number of methoxy groups -OCH3 is 1. The third kappa shape index (κ3) is 9.93. The number of hydroxylamine groups is 1. The Balaban J connectivity index is 1.35. The quantitative estimate of drug-likeness (QED) is 0.252. The van der Waals surface area contributed by atoms with E-state index in [4.69, 9.17) is 30.6 Å². The molecule has 4 rings (SSSR count). The first kappa shape index (κ1) is 33.2. The van der Waals surface area contributed by atoms with Crippen LogP contribution in [0.1, 0.15) is 62.5 Å². The minimum atomic E-state index is -1.24. The molecule has 1 fully saturated rings. The molecule has 1 heterocycles. The van der Waals surface area contributed by atoms with Gasteiger partial charge in [-0.1, -0.05) is 74.0 Å². The van der Waals surface area contributed by atoms with Crippen LogP contribution in [0.5, 0.6) is 0 Å². The van der Waals surface area contributed by atoms with E-state index in [0.29, 0.717) is 36.8 Å². The number of alkyl carbamates (subject to hydrolysis) is 1. The highest BCUT2D eigenvalue weighted by atomic mass is 35.5. The molecule has 0 bridgehead atoms. The summed E-state index contributed by atoms with van der Waals surface area (Å²) in [6, 6.07) is 13.5. The van der Waals surface area contributed by atoms with Gasteiger partial charge in [-0.25, -0.2) is 15.1 Å². The lowest BCUT2D eigenvalue weighted by Crippen LogP contribution is -2.49.